The van der Waals surface area contributed by atoms with Gasteiger partial charge < -0.3 is 23.7 Å². The standard InChI is InChI=1S/C25H34O8S/c1-17-8-10-18(11-9-17)34(26,27)33-21-20(19-16-28-24(30-19)12-4-2-5-13-24)29-23-22(21)31-25(32-23)14-6-3-7-15-25/h8-11,19-23H,2-7,12-16H2,1H3/t19-,20-,21+,22-,23+/m0/s1. The third-order valence-corrected chi connectivity index (χ3v) is 9.24. The van der Waals surface area contributed by atoms with E-state index in [1.807, 2.05) is 6.92 Å². The molecule has 0 N–H and O–H groups in total. The van der Waals surface area contributed by atoms with Gasteiger partial charge in [-0.3, -0.25) is 4.18 Å². The molecule has 2 saturated carbocycles. The van der Waals surface area contributed by atoms with Crippen LogP contribution in [0.3, 0.4) is 0 Å². The molecule has 1 aromatic carbocycles. The second kappa shape index (κ2) is 8.80. The van der Waals surface area contributed by atoms with E-state index in [9.17, 15) is 8.42 Å². The molecule has 0 radical (unpaired) electrons. The molecular weight excluding hydrogens is 460 g/mol. The zero-order valence-electron chi connectivity index (χ0n) is 19.6. The Morgan fingerprint density at radius 1 is 0.824 bits per heavy atom. The van der Waals surface area contributed by atoms with E-state index < -0.39 is 52.4 Å². The summed E-state index contributed by atoms with van der Waals surface area (Å²) in [6, 6.07) is 6.64. The van der Waals surface area contributed by atoms with Crippen LogP contribution in [0.25, 0.3) is 0 Å². The van der Waals surface area contributed by atoms with Crippen LogP contribution < -0.4 is 0 Å². The molecule has 0 bridgehead atoms. The first-order valence-corrected chi connectivity index (χ1v) is 14.1. The highest BCUT2D eigenvalue weighted by molar-refractivity contribution is 7.86. The Bertz CT molecular complexity index is 981. The Morgan fingerprint density at radius 2 is 1.47 bits per heavy atom. The minimum absolute atomic E-state index is 0.110. The quantitative estimate of drug-likeness (QED) is 0.582. The van der Waals surface area contributed by atoms with Crippen molar-refractivity contribution in [3.63, 3.8) is 0 Å². The van der Waals surface area contributed by atoms with Gasteiger partial charge in [0.15, 0.2) is 17.9 Å². The highest BCUT2D eigenvalue weighted by Gasteiger charge is 2.62. The molecule has 5 aliphatic rings. The zero-order chi connectivity index (χ0) is 23.4. The van der Waals surface area contributed by atoms with Crippen molar-refractivity contribution in [2.75, 3.05) is 6.61 Å². The molecule has 5 atom stereocenters. The molecule has 34 heavy (non-hydrogen) atoms. The van der Waals surface area contributed by atoms with Crippen LogP contribution in [0.4, 0.5) is 0 Å². The van der Waals surface area contributed by atoms with Gasteiger partial charge in [0, 0.05) is 25.7 Å². The number of ether oxygens (including phenoxy) is 5. The van der Waals surface area contributed by atoms with Gasteiger partial charge >= 0.3 is 0 Å². The molecular formula is C25H34O8S. The first kappa shape index (κ1) is 23.3. The average molecular weight is 495 g/mol. The van der Waals surface area contributed by atoms with Crippen LogP contribution in [-0.2, 0) is 38.0 Å². The number of fused-ring (bicyclic) bond motifs is 1. The van der Waals surface area contributed by atoms with Crippen LogP contribution in [0.15, 0.2) is 29.2 Å². The van der Waals surface area contributed by atoms with Gasteiger partial charge in [0.05, 0.1) is 11.5 Å². The van der Waals surface area contributed by atoms with Crippen molar-refractivity contribution >= 4 is 10.1 Å². The maximum atomic E-state index is 13.3. The monoisotopic (exact) mass is 494 g/mol. The number of hydrogen-bond donors (Lipinski definition) is 0. The van der Waals surface area contributed by atoms with E-state index in [0.29, 0.717) is 6.61 Å². The summed E-state index contributed by atoms with van der Waals surface area (Å²) < 4.78 is 64.0. The van der Waals surface area contributed by atoms with Crippen LogP contribution in [0.5, 0.6) is 0 Å². The largest absolute Gasteiger partial charge is 0.347 e. The molecule has 9 heteroatoms. The van der Waals surface area contributed by atoms with Crippen LogP contribution >= 0.6 is 0 Å². The fourth-order valence-corrected chi connectivity index (χ4v) is 7.18. The molecule has 3 saturated heterocycles. The molecule has 0 amide bonds. The molecule has 2 aliphatic carbocycles. The van der Waals surface area contributed by atoms with Crippen molar-refractivity contribution in [1.82, 2.24) is 0 Å². The molecule has 188 valence electrons. The number of benzene rings is 1. The van der Waals surface area contributed by atoms with Crippen molar-refractivity contribution in [2.24, 2.45) is 0 Å². The molecule has 3 heterocycles. The third-order valence-electron chi connectivity index (χ3n) is 7.91. The number of aryl methyl sites for hydroxylation is 1. The van der Waals surface area contributed by atoms with E-state index in [4.69, 9.17) is 27.9 Å². The van der Waals surface area contributed by atoms with Crippen molar-refractivity contribution in [2.45, 2.75) is 118 Å². The van der Waals surface area contributed by atoms with E-state index >= 15 is 0 Å². The van der Waals surface area contributed by atoms with Gasteiger partial charge in [-0.15, -0.1) is 0 Å². The highest BCUT2D eigenvalue weighted by Crippen LogP contribution is 2.48. The van der Waals surface area contributed by atoms with Crippen LogP contribution in [0.2, 0.25) is 0 Å². The van der Waals surface area contributed by atoms with Gasteiger partial charge in [0.2, 0.25) is 0 Å². The summed E-state index contributed by atoms with van der Waals surface area (Å²) >= 11 is 0. The Morgan fingerprint density at radius 3 is 2.15 bits per heavy atom. The van der Waals surface area contributed by atoms with Gasteiger partial charge in [-0.1, -0.05) is 30.5 Å². The minimum Gasteiger partial charge on any atom is -0.347 e. The van der Waals surface area contributed by atoms with Crippen LogP contribution in [0.1, 0.15) is 69.8 Å². The van der Waals surface area contributed by atoms with Gasteiger partial charge in [-0.2, -0.15) is 8.42 Å². The lowest BCUT2D eigenvalue weighted by Crippen LogP contribution is -2.46. The lowest BCUT2D eigenvalue weighted by Gasteiger charge is -2.35. The smallest absolute Gasteiger partial charge is 0.297 e. The second-order valence-corrected chi connectivity index (χ2v) is 12.0. The summed E-state index contributed by atoms with van der Waals surface area (Å²) in [6.45, 7) is 2.24. The topological polar surface area (TPSA) is 89.5 Å². The third kappa shape index (κ3) is 4.23. The molecule has 2 spiro atoms. The SMILES string of the molecule is Cc1ccc(S(=O)(=O)O[C@H]2[C@@H]3OC4(CCCCC4)O[C@H]3O[C@H]2[C@@H]2COC3(CCCCC3)O2)cc1. The lowest BCUT2D eigenvalue weighted by molar-refractivity contribution is -0.258. The molecule has 5 fully saturated rings. The summed E-state index contributed by atoms with van der Waals surface area (Å²) in [5.74, 6) is -1.32. The summed E-state index contributed by atoms with van der Waals surface area (Å²) in [6.07, 6.45) is 6.35. The Kier molecular flexibility index (Phi) is 6.04. The first-order chi connectivity index (χ1) is 16.4. The Hall–Kier alpha value is -1.07. The predicted octanol–water partition coefficient (Wildman–Crippen LogP) is 3.95. The summed E-state index contributed by atoms with van der Waals surface area (Å²) in [4.78, 5) is 0.110. The second-order valence-electron chi connectivity index (χ2n) is 10.4. The van der Waals surface area contributed by atoms with Crippen molar-refractivity contribution in [3.05, 3.63) is 29.8 Å². The van der Waals surface area contributed by atoms with Gasteiger partial charge in [-0.05, 0) is 44.7 Å². The van der Waals surface area contributed by atoms with E-state index in [0.717, 1.165) is 63.4 Å². The number of hydrogen-bond acceptors (Lipinski definition) is 8. The average Bonchev–Trinajstić information content (AvgIpc) is 3.47. The van der Waals surface area contributed by atoms with E-state index in [-0.39, 0.29) is 4.90 Å². The molecule has 8 nitrogen and oxygen atoms in total. The predicted molar refractivity (Wildman–Crippen MR) is 120 cm³/mol. The summed E-state index contributed by atoms with van der Waals surface area (Å²) in [5, 5.41) is 0. The van der Waals surface area contributed by atoms with Gasteiger partial charge in [0.25, 0.3) is 10.1 Å². The molecule has 0 aromatic heterocycles. The molecule has 1 aromatic rings. The van der Waals surface area contributed by atoms with E-state index in [2.05, 4.69) is 0 Å². The minimum atomic E-state index is -4.05. The maximum absolute atomic E-state index is 13.3. The normalized spacial score (nSPS) is 36.8. The molecule has 6 rings (SSSR count). The van der Waals surface area contributed by atoms with Gasteiger partial charge in [-0.25, -0.2) is 0 Å². The maximum Gasteiger partial charge on any atom is 0.297 e. The first-order valence-electron chi connectivity index (χ1n) is 12.7. The van der Waals surface area contributed by atoms with E-state index in [1.165, 1.54) is 6.42 Å². The zero-order valence-corrected chi connectivity index (χ0v) is 20.5. The van der Waals surface area contributed by atoms with Gasteiger partial charge in [0.1, 0.15) is 24.4 Å². The Labute approximate surface area is 201 Å². The fraction of sp³-hybridized carbons (Fsp3) is 0.760. The molecule has 0 unspecified atom stereocenters. The molecule has 3 aliphatic heterocycles. The summed E-state index contributed by atoms with van der Waals surface area (Å²) in [5.41, 5.74) is 0.974. The van der Waals surface area contributed by atoms with Crippen molar-refractivity contribution in [3.8, 4) is 0 Å². The van der Waals surface area contributed by atoms with Crippen molar-refractivity contribution in [1.29, 1.82) is 0 Å². The Balaban J connectivity index is 1.26. The number of rotatable bonds is 4. The van der Waals surface area contributed by atoms with E-state index in [1.54, 1.807) is 24.3 Å². The lowest BCUT2D eigenvalue weighted by atomic mass is 9.94. The summed E-state index contributed by atoms with van der Waals surface area (Å²) in [7, 11) is -4.05. The van der Waals surface area contributed by atoms with Crippen LogP contribution in [-0.4, -0.2) is 57.3 Å². The highest BCUT2D eigenvalue weighted by atomic mass is 32.2. The fourth-order valence-electron chi connectivity index (χ4n) is 6.09. The van der Waals surface area contributed by atoms with Crippen LogP contribution in [0, 0.1) is 6.92 Å². The van der Waals surface area contributed by atoms with Crippen molar-refractivity contribution < 1.29 is 36.3 Å².